The molecule has 110 valence electrons. The van der Waals surface area contributed by atoms with E-state index in [0.717, 1.165) is 18.2 Å². The second-order valence-corrected chi connectivity index (χ2v) is 4.69. The first-order chi connectivity index (χ1) is 9.97. The van der Waals surface area contributed by atoms with Crippen molar-refractivity contribution in [2.45, 2.75) is 19.5 Å². The van der Waals surface area contributed by atoms with Crippen LogP contribution in [0.5, 0.6) is 0 Å². The fraction of sp³-hybridized carbons (Fsp3) is 0.200. The molecular weight excluding hydrogens is 278 g/mol. The van der Waals surface area contributed by atoms with Gasteiger partial charge in [0.25, 0.3) is 5.69 Å². The Hall–Kier alpha value is -2.34. The quantitative estimate of drug-likeness (QED) is 0.675. The van der Waals surface area contributed by atoms with Gasteiger partial charge in [0, 0.05) is 30.3 Å². The standard InChI is InChI=1S/C15H14F2N2O2/c1-10(11-3-2-4-14(8-11)19(20)21)18-9-12-7-13(16)5-6-15(12)17/h2-8,10,18H,9H2,1H3. The molecule has 0 bridgehead atoms. The molecule has 0 radical (unpaired) electrons. The van der Waals surface area contributed by atoms with Crippen LogP contribution in [-0.2, 0) is 6.54 Å². The number of halogens is 2. The second-order valence-electron chi connectivity index (χ2n) is 4.69. The number of rotatable bonds is 5. The highest BCUT2D eigenvalue weighted by Crippen LogP contribution is 2.19. The normalized spacial score (nSPS) is 12.1. The molecule has 1 N–H and O–H groups in total. The van der Waals surface area contributed by atoms with Crippen molar-refractivity contribution in [2.24, 2.45) is 0 Å². The minimum atomic E-state index is -0.504. The number of benzene rings is 2. The molecule has 0 aliphatic heterocycles. The van der Waals surface area contributed by atoms with Crippen LogP contribution in [0.4, 0.5) is 14.5 Å². The number of hydrogen-bond donors (Lipinski definition) is 1. The van der Waals surface area contributed by atoms with Crippen LogP contribution >= 0.6 is 0 Å². The molecule has 0 spiro atoms. The first-order valence-electron chi connectivity index (χ1n) is 6.39. The fourth-order valence-electron chi connectivity index (χ4n) is 1.97. The van der Waals surface area contributed by atoms with Crippen LogP contribution in [0.25, 0.3) is 0 Å². The van der Waals surface area contributed by atoms with Crippen LogP contribution in [0.2, 0.25) is 0 Å². The van der Waals surface area contributed by atoms with Gasteiger partial charge in [-0.05, 0) is 30.7 Å². The number of non-ortho nitro benzene ring substituents is 1. The van der Waals surface area contributed by atoms with Gasteiger partial charge in [-0.25, -0.2) is 8.78 Å². The largest absolute Gasteiger partial charge is 0.306 e. The maximum atomic E-state index is 13.5. The highest BCUT2D eigenvalue weighted by Gasteiger charge is 2.11. The van der Waals surface area contributed by atoms with E-state index in [1.807, 2.05) is 0 Å². The van der Waals surface area contributed by atoms with E-state index in [2.05, 4.69) is 5.32 Å². The third kappa shape index (κ3) is 3.82. The number of nitrogens with zero attached hydrogens (tertiary/aromatic N) is 1. The van der Waals surface area contributed by atoms with Gasteiger partial charge in [-0.2, -0.15) is 0 Å². The van der Waals surface area contributed by atoms with Crippen LogP contribution in [0.3, 0.4) is 0 Å². The zero-order valence-corrected chi connectivity index (χ0v) is 11.3. The zero-order valence-electron chi connectivity index (χ0n) is 11.3. The van der Waals surface area contributed by atoms with Gasteiger partial charge in [0.1, 0.15) is 11.6 Å². The minimum absolute atomic E-state index is 0.00177. The van der Waals surface area contributed by atoms with Crippen LogP contribution in [0, 0.1) is 21.7 Å². The van der Waals surface area contributed by atoms with E-state index < -0.39 is 16.6 Å². The van der Waals surface area contributed by atoms with E-state index in [0.29, 0.717) is 5.56 Å². The lowest BCUT2D eigenvalue weighted by atomic mass is 10.1. The lowest BCUT2D eigenvalue weighted by molar-refractivity contribution is -0.384. The Morgan fingerprint density at radius 3 is 2.71 bits per heavy atom. The van der Waals surface area contributed by atoms with Crippen LogP contribution in [0.15, 0.2) is 42.5 Å². The Kier molecular flexibility index (Phi) is 4.59. The number of nitro groups is 1. The first-order valence-corrected chi connectivity index (χ1v) is 6.39. The molecule has 2 aromatic rings. The van der Waals surface area contributed by atoms with Gasteiger partial charge in [0.05, 0.1) is 4.92 Å². The van der Waals surface area contributed by atoms with Crippen molar-refractivity contribution in [1.29, 1.82) is 0 Å². The van der Waals surface area contributed by atoms with Crippen LogP contribution in [-0.4, -0.2) is 4.92 Å². The van der Waals surface area contributed by atoms with E-state index >= 15 is 0 Å². The van der Waals surface area contributed by atoms with E-state index in [4.69, 9.17) is 0 Å². The first kappa shape index (κ1) is 15.1. The van der Waals surface area contributed by atoms with Crippen LogP contribution < -0.4 is 5.32 Å². The fourth-order valence-corrected chi connectivity index (χ4v) is 1.97. The molecule has 1 atom stereocenters. The topological polar surface area (TPSA) is 55.2 Å². The minimum Gasteiger partial charge on any atom is -0.306 e. The maximum absolute atomic E-state index is 13.5. The molecule has 0 amide bonds. The van der Waals surface area contributed by atoms with Gasteiger partial charge >= 0.3 is 0 Å². The smallest absolute Gasteiger partial charge is 0.269 e. The third-order valence-corrected chi connectivity index (χ3v) is 3.19. The summed E-state index contributed by atoms with van der Waals surface area (Å²) in [6.07, 6.45) is 0. The number of nitro benzene ring substituents is 1. The summed E-state index contributed by atoms with van der Waals surface area (Å²) in [6.45, 7) is 1.93. The summed E-state index contributed by atoms with van der Waals surface area (Å²) >= 11 is 0. The number of nitrogens with one attached hydrogen (secondary N) is 1. The average Bonchev–Trinajstić information content (AvgIpc) is 2.48. The van der Waals surface area contributed by atoms with E-state index in [1.54, 1.807) is 19.1 Å². The molecule has 1 unspecified atom stereocenters. The Labute approximate surface area is 120 Å². The Morgan fingerprint density at radius 2 is 2.00 bits per heavy atom. The van der Waals surface area contributed by atoms with Crippen LogP contribution in [0.1, 0.15) is 24.1 Å². The molecule has 0 saturated carbocycles. The van der Waals surface area contributed by atoms with Crippen molar-refractivity contribution in [3.05, 3.63) is 75.3 Å². The lowest BCUT2D eigenvalue weighted by Gasteiger charge is -2.14. The molecule has 2 rings (SSSR count). The highest BCUT2D eigenvalue weighted by atomic mass is 19.1. The molecule has 21 heavy (non-hydrogen) atoms. The van der Waals surface area contributed by atoms with Gasteiger partial charge in [-0.3, -0.25) is 10.1 Å². The summed E-state index contributed by atoms with van der Waals surface area (Å²) in [5.41, 5.74) is 0.923. The predicted molar refractivity (Wildman–Crippen MR) is 74.7 cm³/mol. The molecular formula is C15H14F2N2O2. The van der Waals surface area contributed by atoms with E-state index in [9.17, 15) is 18.9 Å². The average molecular weight is 292 g/mol. The van der Waals surface area contributed by atoms with Gasteiger partial charge in [-0.15, -0.1) is 0 Å². The third-order valence-electron chi connectivity index (χ3n) is 3.19. The molecule has 4 nitrogen and oxygen atoms in total. The highest BCUT2D eigenvalue weighted by molar-refractivity contribution is 5.35. The van der Waals surface area contributed by atoms with Crippen molar-refractivity contribution < 1.29 is 13.7 Å². The summed E-state index contributed by atoms with van der Waals surface area (Å²) in [4.78, 5) is 10.3. The molecule has 6 heteroatoms. The Morgan fingerprint density at radius 1 is 1.24 bits per heavy atom. The van der Waals surface area contributed by atoms with Crippen molar-refractivity contribution >= 4 is 5.69 Å². The zero-order chi connectivity index (χ0) is 15.4. The summed E-state index contributed by atoms with van der Waals surface area (Å²) < 4.78 is 26.6. The second kappa shape index (κ2) is 6.41. The molecule has 0 aliphatic carbocycles. The lowest BCUT2D eigenvalue weighted by Crippen LogP contribution is -2.19. The van der Waals surface area contributed by atoms with E-state index in [1.165, 1.54) is 12.1 Å². The maximum Gasteiger partial charge on any atom is 0.269 e. The van der Waals surface area contributed by atoms with Gasteiger partial charge in [0.15, 0.2) is 0 Å². The van der Waals surface area contributed by atoms with Crippen molar-refractivity contribution in [1.82, 2.24) is 5.32 Å². The van der Waals surface area contributed by atoms with E-state index in [-0.39, 0.29) is 23.8 Å². The molecule has 0 aliphatic rings. The van der Waals surface area contributed by atoms with Crippen molar-refractivity contribution in [2.75, 3.05) is 0 Å². The molecule has 0 aromatic heterocycles. The summed E-state index contributed by atoms with van der Waals surface area (Å²) in [7, 11) is 0. The molecule has 0 heterocycles. The SMILES string of the molecule is CC(NCc1cc(F)ccc1F)c1cccc([N+](=O)[O-])c1. The Bertz CT molecular complexity index is 662. The summed E-state index contributed by atoms with van der Waals surface area (Å²) in [5.74, 6) is -0.994. The Balaban J connectivity index is 2.08. The summed E-state index contributed by atoms with van der Waals surface area (Å²) in [6, 6.07) is 9.23. The van der Waals surface area contributed by atoms with Crippen molar-refractivity contribution in [3.63, 3.8) is 0 Å². The molecule has 0 fully saturated rings. The summed E-state index contributed by atoms with van der Waals surface area (Å²) in [5, 5.41) is 13.8. The monoisotopic (exact) mass is 292 g/mol. The van der Waals surface area contributed by atoms with Gasteiger partial charge in [0.2, 0.25) is 0 Å². The molecule has 2 aromatic carbocycles. The molecule has 0 saturated heterocycles. The van der Waals surface area contributed by atoms with Crippen molar-refractivity contribution in [3.8, 4) is 0 Å². The number of hydrogen-bond acceptors (Lipinski definition) is 3. The van der Waals surface area contributed by atoms with Gasteiger partial charge < -0.3 is 5.32 Å². The predicted octanol–water partition coefficient (Wildman–Crippen LogP) is 3.72. The van der Waals surface area contributed by atoms with Gasteiger partial charge in [-0.1, -0.05) is 12.1 Å².